The molecular weight excluding hydrogens is 326 g/mol. The molecule has 26 heavy (non-hydrogen) atoms. The average molecular weight is 349 g/mol. The Labute approximate surface area is 153 Å². The van der Waals surface area contributed by atoms with E-state index in [1.807, 2.05) is 35.1 Å². The molecule has 0 aliphatic carbocycles. The highest BCUT2D eigenvalue weighted by Gasteiger charge is 2.10. The number of rotatable bonds is 8. The van der Waals surface area contributed by atoms with Crippen molar-refractivity contribution < 1.29 is 9.53 Å². The van der Waals surface area contributed by atoms with Crippen LogP contribution in [0.15, 0.2) is 73.1 Å². The third kappa shape index (κ3) is 5.04. The summed E-state index contributed by atoms with van der Waals surface area (Å²) in [4.78, 5) is 13.8. The number of methoxy groups -OCH3 is 1. The van der Waals surface area contributed by atoms with Gasteiger partial charge in [0.1, 0.15) is 0 Å². The zero-order valence-corrected chi connectivity index (χ0v) is 14.9. The van der Waals surface area contributed by atoms with E-state index in [1.54, 1.807) is 6.20 Å². The minimum absolute atomic E-state index is 0.183. The molecule has 0 unspecified atom stereocenters. The zero-order chi connectivity index (χ0) is 18.2. The second kappa shape index (κ2) is 8.97. The minimum Gasteiger partial charge on any atom is -0.469 e. The Morgan fingerprint density at radius 2 is 1.69 bits per heavy atom. The van der Waals surface area contributed by atoms with Gasteiger partial charge in [0.25, 0.3) is 0 Å². The van der Waals surface area contributed by atoms with E-state index in [2.05, 4.69) is 46.4 Å². The van der Waals surface area contributed by atoms with E-state index in [0.717, 1.165) is 18.8 Å². The molecule has 5 nitrogen and oxygen atoms in total. The number of carbonyl (C=O) groups is 1. The van der Waals surface area contributed by atoms with Crippen LogP contribution in [0.1, 0.15) is 17.5 Å². The smallest absolute Gasteiger partial charge is 0.306 e. The van der Waals surface area contributed by atoms with Gasteiger partial charge in [-0.1, -0.05) is 42.5 Å². The van der Waals surface area contributed by atoms with Gasteiger partial charge in [-0.2, -0.15) is 5.10 Å². The van der Waals surface area contributed by atoms with Gasteiger partial charge in [-0.05, 0) is 29.3 Å². The van der Waals surface area contributed by atoms with Gasteiger partial charge in [0.2, 0.25) is 0 Å². The van der Waals surface area contributed by atoms with Crippen LogP contribution in [0.5, 0.6) is 0 Å². The topological polar surface area (TPSA) is 47.4 Å². The molecule has 0 bridgehead atoms. The van der Waals surface area contributed by atoms with Gasteiger partial charge in [0.15, 0.2) is 0 Å². The van der Waals surface area contributed by atoms with Gasteiger partial charge < -0.3 is 4.74 Å². The summed E-state index contributed by atoms with van der Waals surface area (Å²) in [6.45, 7) is 2.21. The number of carbonyl (C=O) groups excluding carboxylic acids is 1. The van der Waals surface area contributed by atoms with Crippen molar-refractivity contribution in [2.45, 2.75) is 19.5 Å². The Bertz CT molecular complexity index is 799. The molecule has 5 heteroatoms. The highest BCUT2D eigenvalue weighted by atomic mass is 16.5. The second-order valence-electron chi connectivity index (χ2n) is 6.14. The van der Waals surface area contributed by atoms with E-state index in [4.69, 9.17) is 4.74 Å². The van der Waals surface area contributed by atoms with Crippen molar-refractivity contribution in [2.75, 3.05) is 13.7 Å². The van der Waals surface area contributed by atoms with Gasteiger partial charge in [-0.15, -0.1) is 0 Å². The predicted molar refractivity (Wildman–Crippen MR) is 101 cm³/mol. The Hall–Kier alpha value is -2.92. The number of esters is 1. The lowest BCUT2D eigenvalue weighted by molar-refractivity contribution is -0.141. The quantitative estimate of drug-likeness (QED) is 0.585. The summed E-state index contributed by atoms with van der Waals surface area (Å²) in [6.07, 6.45) is 4.07. The lowest BCUT2D eigenvalue weighted by atomic mass is 10.1. The van der Waals surface area contributed by atoms with Crippen molar-refractivity contribution >= 4 is 5.97 Å². The molecule has 1 aromatic heterocycles. The number of ether oxygens (including phenoxy) is 1. The van der Waals surface area contributed by atoms with Gasteiger partial charge in [-0.25, -0.2) is 4.68 Å². The van der Waals surface area contributed by atoms with Gasteiger partial charge in [0.05, 0.1) is 19.2 Å². The molecule has 0 radical (unpaired) electrons. The Morgan fingerprint density at radius 3 is 2.31 bits per heavy atom. The number of aromatic nitrogens is 2. The maximum atomic E-state index is 11.5. The third-order valence-electron chi connectivity index (χ3n) is 4.22. The Balaban J connectivity index is 1.68. The summed E-state index contributed by atoms with van der Waals surface area (Å²) in [5, 5.41) is 4.25. The van der Waals surface area contributed by atoms with Crippen LogP contribution in [-0.4, -0.2) is 34.3 Å². The minimum atomic E-state index is -0.183. The van der Waals surface area contributed by atoms with Crippen LogP contribution in [0.25, 0.3) is 5.69 Å². The van der Waals surface area contributed by atoms with E-state index in [0.29, 0.717) is 13.0 Å². The Morgan fingerprint density at radius 1 is 1.00 bits per heavy atom. The first-order chi connectivity index (χ1) is 12.7. The zero-order valence-electron chi connectivity index (χ0n) is 14.9. The van der Waals surface area contributed by atoms with E-state index < -0.39 is 0 Å². The van der Waals surface area contributed by atoms with Crippen LogP contribution in [0, 0.1) is 0 Å². The van der Waals surface area contributed by atoms with Crippen molar-refractivity contribution in [3.8, 4) is 5.69 Å². The van der Waals surface area contributed by atoms with Crippen molar-refractivity contribution in [1.29, 1.82) is 0 Å². The first-order valence-electron chi connectivity index (χ1n) is 8.66. The molecule has 0 saturated carbocycles. The molecule has 0 fully saturated rings. The van der Waals surface area contributed by atoms with Crippen molar-refractivity contribution in [2.24, 2.45) is 0 Å². The molecule has 134 valence electrons. The SMILES string of the molecule is COC(=O)CCN(Cc1ccccc1)Cc1ccc(-n2cccn2)cc1. The normalized spacial score (nSPS) is 10.8. The molecule has 0 saturated heterocycles. The number of hydrogen-bond donors (Lipinski definition) is 0. The first kappa shape index (κ1) is 17.9. The predicted octanol–water partition coefficient (Wildman–Crippen LogP) is 3.44. The Kier molecular flexibility index (Phi) is 6.17. The van der Waals surface area contributed by atoms with E-state index in [9.17, 15) is 4.79 Å². The number of hydrogen-bond acceptors (Lipinski definition) is 4. The third-order valence-corrected chi connectivity index (χ3v) is 4.22. The molecule has 0 N–H and O–H groups in total. The average Bonchev–Trinajstić information content (AvgIpc) is 3.22. The van der Waals surface area contributed by atoms with E-state index in [1.165, 1.54) is 18.2 Å². The molecule has 0 aliphatic heterocycles. The highest BCUT2D eigenvalue weighted by Crippen LogP contribution is 2.13. The lowest BCUT2D eigenvalue weighted by Gasteiger charge is -2.22. The van der Waals surface area contributed by atoms with Crippen LogP contribution < -0.4 is 0 Å². The first-order valence-corrected chi connectivity index (χ1v) is 8.66. The lowest BCUT2D eigenvalue weighted by Crippen LogP contribution is -2.26. The van der Waals surface area contributed by atoms with Crippen LogP contribution in [0.3, 0.4) is 0 Å². The molecule has 0 amide bonds. The molecule has 0 atom stereocenters. The summed E-state index contributed by atoms with van der Waals surface area (Å²) < 4.78 is 6.62. The molecular formula is C21H23N3O2. The van der Waals surface area contributed by atoms with E-state index >= 15 is 0 Å². The fraction of sp³-hybridized carbons (Fsp3) is 0.238. The van der Waals surface area contributed by atoms with Crippen LogP contribution in [-0.2, 0) is 22.6 Å². The maximum absolute atomic E-state index is 11.5. The summed E-state index contributed by atoms with van der Waals surface area (Å²) in [5.41, 5.74) is 3.45. The van der Waals surface area contributed by atoms with Gasteiger partial charge in [-0.3, -0.25) is 9.69 Å². The standard InChI is InChI=1S/C21H23N3O2/c1-26-21(25)12-15-23(16-18-6-3-2-4-7-18)17-19-8-10-20(11-9-19)24-14-5-13-22-24/h2-11,13-14H,12,15-17H2,1H3. The van der Waals surface area contributed by atoms with E-state index in [-0.39, 0.29) is 5.97 Å². The largest absolute Gasteiger partial charge is 0.469 e. The summed E-state index contributed by atoms with van der Waals surface area (Å²) in [5.74, 6) is -0.183. The fourth-order valence-electron chi connectivity index (χ4n) is 2.84. The molecule has 3 rings (SSSR count). The second-order valence-corrected chi connectivity index (χ2v) is 6.14. The van der Waals surface area contributed by atoms with Gasteiger partial charge in [0, 0.05) is 32.0 Å². The molecule has 0 aliphatic rings. The van der Waals surface area contributed by atoms with Crippen LogP contribution in [0.2, 0.25) is 0 Å². The molecule has 3 aromatic rings. The molecule has 2 aromatic carbocycles. The van der Waals surface area contributed by atoms with Crippen molar-refractivity contribution in [3.63, 3.8) is 0 Å². The summed E-state index contributed by atoms with van der Waals surface area (Å²) in [7, 11) is 1.43. The number of nitrogens with zero attached hydrogens (tertiary/aromatic N) is 3. The van der Waals surface area contributed by atoms with Gasteiger partial charge >= 0.3 is 5.97 Å². The maximum Gasteiger partial charge on any atom is 0.306 e. The monoisotopic (exact) mass is 349 g/mol. The van der Waals surface area contributed by atoms with Crippen molar-refractivity contribution in [1.82, 2.24) is 14.7 Å². The highest BCUT2D eigenvalue weighted by molar-refractivity contribution is 5.69. The summed E-state index contributed by atoms with van der Waals surface area (Å²) in [6, 6.07) is 20.5. The summed E-state index contributed by atoms with van der Waals surface area (Å²) >= 11 is 0. The number of benzene rings is 2. The molecule has 0 spiro atoms. The fourth-order valence-corrected chi connectivity index (χ4v) is 2.84. The van der Waals surface area contributed by atoms with Crippen LogP contribution in [0.4, 0.5) is 0 Å². The molecule has 1 heterocycles. The van der Waals surface area contributed by atoms with Crippen LogP contribution >= 0.6 is 0 Å². The van der Waals surface area contributed by atoms with Crippen molar-refractivity contribution in [3.05, 3.63) is 84.2 Å².